The normalized spacial score (nSPS) is 20.2. The number of phenols is 1. The molecule has 0 bridgehead atoms. The molecular weight excluding hydrogens is 222 g/mol. The van der Waals surface area contributed by atoms with Crippen LogP contribution >= 0.6 is 11.6 Å². The molecule has 1 aromatic carbocycles. The van der Waals surface area contributed by atoms with Crippen molar-refractivity contribution in [2.75, 3.05) is 13.1 Å². The zero-order valence-corrected chi connectivity index (χ0v) is 10.6. The maximum absolute atomic E-state index is 9.34. The number of nitrogens with zero attached hydrogens (tertiary/aromatic N) is 1. The second-order valence-corrected chi connectivity index (χ2v) is 5.82. The number of aromatic hydroxyl groups is 1. The van der Waals surface area contributed by atoms with Gasteiger partial charge in [-0.2, -0.15) is 0 Å². The lowest BCUT2D eigenvalue weighted by atomic mass is 9.93. The molecule has 0 unspecified atom stereocenters. The summed E-state index contributed by atoms with van der Waals surface area (Å²) < 4.78 is 0. The van der Waals surface area contributed by atoms with Crippen LogP contribution in [0.3, 0.4) is 0 Å². The van der Waals surface area contributed by atoms with Gasteiger partial charge in [-0.15, -0.1) is 0 Å². The van der Waals surface area contributed by atoms with E-state index < -0.39 is 0 Å². The Balaban J connectivity index is 2.02. The molecule has 1 aliphatic rings. The predicted octanol–water partition coefficient (Wildman–Crippen LogP) is 3.28. The summed E-state index contributed by atoms with van der Waals surface area (Å²) in [6.45, 7) is 7.80. The van der Waals surface area contributed by atoms with Crippen LogP contribution in [0.5, 0.6) is 5.75 Å². The molecule has 88 valence electrons. The van der Waals surface area contributed by atoms with Crippen molar-refractivity contribution < 1.29 is 5.11 Å². The van der Waals surface area contributed by atoms with Crippen LogP contribution in [0.15, 0.2) is 18.2 Å². The van der Waals surface area contributed by atoms with Crippen molar-refractivity contribution in [3.05, 3.63) is 28.8 Å². The van der Waals surface area contributed by atoms with Crippen LogP contribution < -0.4 is 0 Å². The summed E-state index contributed by atoms with van der Waals surface area (Å²) in [6.07, 6.45) is 1.25. The first-order valence-corrected chi connectivity index (χ1v) is 6.04. The second kappa shape index (κ2) is 4.27. The first-order chi connectivity index (χ1) is 7.46. The van der Waals surface area contributed by atoms with Crippen LogP contribution in [0.4, 0.5) is 0 Å². The van der Waals surface area contributed by atoms with Crippen LogP contribution in [0.2, 0.25) is 5.02 Å². The zero-order chi connectivity index (χ0) is 11.8. The van der Waals surface area contributed by atoms with Crippen molar-refractivity contribution in [1.29, 1.82) is 0 Å². The van der Waals surface area contributed by atoms with Crippen molar-refractivity contribution >= 4 is 11.6 Å². The zero-order valence-electron chi connectivity index (χ0n) is 9.83. The SMILES string of the molecule is CC1(C)CCN(Cc2ccc(O)c(Cl)c2)C1. The summed E-state index contributed by atoms with van der Waals surface area (Å²) in [7, 11) is 0. The smallest absolute Gasteiger partial charge is 0.134 e. The molecule has 0 amide bonds. The number of phenolic OH excluding ortho intramolecular Hbond substituents is 1. The summed E-state index contributed by atoms with van der Waals surface area (Å²) in [4.78, 5) is 2.43. The first-order valence-electron chi connectivity index (χ1n) is 5.66. The van der Waals surface area contributed by atoms with E-state index >= 15 is 0 Å². The lowest BCUT2D eigenvalue weighted by molar-refractivity contribution is 0.284. The highest BCUT2D eigenvalue weighted by atomic mass is 35.5. The van der Waals surface area contributed by atoms with E-state index in [9.17, 15) is 5.11 Å². The molecule has 0 aliphatic carbocycles. The van der Waals surface area contributed by atoms with Gasteiger partial charge in [0.1, 0.15) is 5.75 Å². The molecule has 0 aromatic heterocycles. The Bertz CT molecular complexity index is 390. The predicted molar refractivity (Wildman–Crippen MR) is 66.8 cm³/mol. The Hall–Kier alpha value is -0.730. The van der Waals surface area contributed by atoms with Gasteiger partial charge >= 0.3 is 0 Å². The first kappa shape index (κ1) is 11.7. The highest BCUT2D eigenvalue weighted by Crippen LogP contribution is 2.30. The Morgan fingerprint density at radius 2 is 2.19 bits per heavy atom. The Morgan fingerprint density at radius 3 is 2.75 bits per heavy atom. The van der Waals surface area contributed by atoms with Gasteiger partial charge in [0.2, 0.25) is 0 Å². The minimum absolute atomic E-state index is 0.159. The van der Waals surface area contributed by atoms with Crippen LogP contribution in [0.1, 0.15) is 25.8 Å². The van der Waals surface area contributed by atoms with Crippen molar-refractivity contribution in [1.82, 2.24) is 4.90 Å². The minimum Gasteiger partial charge on any atom is -0.506 e. The second-order valence-electron chi connectivity index (χ2n) is 5.41. The van der Waals surface area contributed by atoms with Crippen LogP contribution in [-0.4, -0.2) is 23.1 Å². The van der Waals surface area contributed by atoms with Crippen LogP contribution in [-0.2, 0) is 6.54 Å². The van der Waals surface area contributed by atoms with Gasteiger partial charge in [-0.1, -0.05) is 31.5 Å². The van der Waals surface area contributed by atoms with Gasteiger partial charge < -0.3 is 5.11 Å². The molecule has 0 atom stereocenters. The van der Waals surface area contributed by atoms with Crippen molar-refractivity contribution in [3.8, 4) is 5.75 Å². The average Bonchev–Trinajstić information content (AvgIpc) is 2.52. The fourth-order valence-corrected chi connectivity index (χ4v) is 2.47. The largest absolute Gasteiger partial charge is 0.506 e. The van der Waals surface area contributed by atoms with Gasteiger partial charge in [0, 0.05) is 13.1 Å². The van der Waals surface area contributed by atoms with Crippen molar-refractivity contribution in [2.45, 2.75) is 26.8 Å². The topological polar surface area (TPSA) is 23.5 Å². The van der Waals surface area contributed by atoms with E-state index in [1.54, 1.807) is 6.07 Å². The molecule has 1 fully saturated rings. The van der Waals surface area contributed by atoms with Gasteiger partial charge in [0.15, 0.2) is 0 Å². The van der Waals surface area contributed by atoms with Gasteiger partial charge in [0.05, 0.1) is 5.02 Å². The van der Waals surface area contributed by atoms with E-state index in [0.29, 0.717) is 10.4 Å². The maximum Gasteiger partial charge on any atom is 0.134 e. The molecule has 0 saturated carbocycles. The summed E-state index contributed by atoms with van der Waals surface area (Å²) >= 11 is 5.89. The van der Waals surface area contributed by atoms with E-state index in [-0.39, 0.29) is 5.75 Å². The van der Waals surface area contributed by atoms with E-state index in [4.69, 9.17) is 11.6 Å². The van der Waals surface area contributed by atoms with E-state index in [1.807, 2.05) is 12.1 Å². The third kappa shape index (κ3) is 2.69. The molecule has 1 aliphatic heterocycles. The Kier molecular flexibility index (Phi) is 3.13. The maximum atomic E-state index is 9.34. The minimum atomic E-state index is 0.159. The summed E-state index contributed by atoms with van der Waals surface area (Å²) in [5, 5.41) is 9.78. The Labute approximate surface area is 102 Å². The lowest BCUT2D eigenvalue weighted by Crippen LogP contribution is -2.22. The lowest BCUT2D eigenvalue weighted by Gasteiger charge is -2.19. The molecule has 2 rings (SSSR count). The molecule has 2 nitrogen and oxygen atoms in total. The fourth-order valence-electron chi connectivity index (χ4n) is 2.27. The highest BCUT2D eigenvalue weighted by Gasteiger charge is 2.28. The van der Waals surface area contributed by atoms with E-state index in [0.717, 1.165) is 19.6 Å². The van der Waals surface area contributed by atoms with Crippen LogP contribution in [0.25, 0.3) is 0 Å². The van der Waals surface area contributed by atoms with Crippen LogP contribution in [0, 0.1) is 5.41 Å². The molecule has 0 spiro atoms. The number of rotatable bonds is 2. The monoisotopic (exact) mass is 239 g/mol. The van der Waals surface area contributed by atoms with E-state index in [1.165, 1.54) is 12.0 Å². The van der Waals surface area contributed by atoms with Gasteiger partial charge in [-0.3, -0.25) is 4.90 Å². The summed E-state index contributed by atoms with van der Waals surface area (Å²) in [5.74, 6) is 0.159. The fraction of sp³-hybridized carbons (Fsp3) is 0.538. The number of halogens is 1. The number of hydrogen-bond acceptors (Lipinski definition) is 2. The molecule has 3 heteroatoms. The molecule has 16 heavy (non-hydrogen) atoms. The number of hydrogen-bond donors (Lipinski definition) is 1. The summed E-state index contributed by atoms with van der Waals surface area (Å²) in [6, 6.07) is 5.45. The number of likely N-dealkylation sites (tertiary alicyclic amines) is 1. The molecule has 0 radical (unpaired) electrons. The molecule has 1 heterocycles. The quantitative estimate of drug-likeness (QED) is 0.856. The third-order valence-corrected chi connectivity index (χ3v) is 3.48. The van der Waals surface area contributed by atoms with Crippen molar-refractivity contribution in [2.24, 2.45) is 5.41 Å². The molecule has 1 aromatic rings. The van der Waals surface area contributed by atoms with Gasteiger partial charge in [-0.05, 0) is 36.1 Å². The highest BCUT2D eigenvalue weighted by molar-refractivity contribution is 6.32. The van der Waals surface area contributed by atoms with Crippen molar-refractivity contribution in [3.63, 3.8) is 0 Å². The molecule has 1 N–H and O–H groups in total. The molecule has 1 saturated heterocycles. The van der Waals surface area contributed by atoms with E-state index in [2.05, 4.69) is 18.7 Å². The molecular formula is C13H18ClNO. The Morgan fingerprint density at radius 1 is 1.44 bits per heavy atom. The van der Waals surface area contributed by atoms with Gasteiger partial charge in [0.25, 0.3) is 0 Å². The average molecular weight is 240 g/mol. The number of benzene rings is 1. The third-order valence-electron chi connectivity index (χ3n) is 3.17. The summed E-state index contributed by atoms with van der Waals surface area (Å²) in [5.41, 5.74) is 1.60. The standard InChI is InChI=1S/C13H18ClNO/c1-13(2)5-6-15(9-13)8-10-3-4-12(16)11(14)7-10/h3-4,7,16H,5-6,8-9H2,1-2H3. The van der Waals surface area contributed by atoms with Gasteiger partial charge in [-0.25, -0.2) is 0 Å².